The van der Waals surface area contributed by atoms with Gasteiger partial charge in [-0.25, -0.2) is 0 Å². The van der Waals surface area contributed by atoms with Crippen LogP contribution in [0.3, 0.4) is 0 Å². The number of piperidine rings is 1. The number of amides is 1. The molecule has 1 fully saturated rings. The summed E-state index contributed by atoms with van der Waals surface area (Å²) in [6, 6.07) is 5.83. The third-order valence-electron chi connectivity index (χ3n) is 3.84. The Bertz CT molecular complexity index is 476. The molecule has 0 aliphatic carbocycles. The lowest BCUT2D eigenvalue weighted by molar-refractivity contribution is 0.0636. The Balaban J connectivity index is 2.24. The number of benzene rings is 1. The molecule has 1 aliphatic heterocycles. The number of rotatable bonds is 4. The molecule has 0 spiro atoms. The summed E-state index contributed by atoms with van der Waals surface area (Å²) in [7, 11) is 0. The van der Waals surface area contributed by atoms with Crippen LogP contribution in [0.25, 0.3) is 0 Å². The molecule has 110 valence electrons. The van der Waals surface area contributed by atoms with Crippen molar-refractivity contribution in [2.24, 2.45) is 0 Å². The molecular formula is C16H23ClN2O. The number of carbonyl (C=O) groups is 1. The van der Waals surface area contributed by atoms with E-state index in [1.165, 1.54) is 6.42 Å². The van der Waals surface area contributed by atoms with Gasteiger partial charge in [-0.3, -0.25) is 4.79 Å². The van der Waals surface area contributed by atoms with Gasteiger partial charge in [-0.05, 0) is 50.8 Å². The zero-order chi connectivity index (χ0) is 14.5. The number of anilines is 1. The van der Waals surface area contributed by atoms with Crippen LogP contribution in [0.5, 0.6) is 0 Å². The molecule has 0 bridgehead atoms. The fourth-order valence-corrected chi connectivity index (χ4v) is 2.83. The second-order valence-corrected chi connectivity index (χ2v) is 5.90. The summed E-state index contributed by atoms with van der Waals surface area (Å²) in [5.74, 6) is 0.0957. The van der Waals surface area contributed by atoms with Crippen LogP contribution < -0.4 is 5.32 Å². The molecule has 1 aromatic rings. The van der Waals surface area contributed by atoms with E-state index in [1.807, 2.05) is 17.0 Å². The highest BCUT2D eigenvalue weighted by Gasteiger charge is 2.25. The fourth-order valence-electron chi connectivity index (χ4n) is 2.66. The zero-order valence-electron chi connectivity index (χ0n) is 12.3. The van der Waals surface area contributed by atoms with Gasteiger partial charge in [-0.2, -0.15) is 0 Å². The van der Waals surface area contributed by atoms with E-state index in [0.29, 0.717) is 16.6 Å². The van der Waals surface area contributed by atoms with Crippen molar-refractivity contribution >= 4 is 23.2 Å². The number of nitrogens with one attached hydrogen (secondary N) is 1. The Morgan fingerprint density at radius 2 is 2.25 bits per heavy atom. The number of halogens is 1. The topological polar surface area (TPSA) is 32.3 Å². The highest BCUT2D eigenvalue weighted by molar-refractivity contribution is 6.31. The zero-order valence-corrected chi connectivity index (χ0v) is 13.0. The van der Waals surface area contributed by atoms with Gasteiger partial charge >= 0.3 is 0 Å². The molecule has 0 radical (unpaired) electrons. The van der Waals surface area contributed by atoms with Crippen molar-refractivity contribution in [1.29, 1.82) is 0 Å². The molecule has 1 aromatic carbocycles. The van der Waals surface area contributed by atoms with Gasteiger partial charge in [0.1, 0.15) is 0 Å². The van der Waals surface area contributed by atoms with Crippen LogP contribution in [0.1, 0.15) is 49.9 Å². The summed E-state index contributed by atoms with van der Waals surface area (Å²) in [4.78, 5) is 14.8. The van der Waals surface area contributed by atoms with Gasteiger partial charge in [0.15, 0.2) is 0 Å². The number of hydrogen-bond acceptors (Lipinski definition) is 2. The third kappa shape index (κ3) is 3.45. The fraction of sp³-hybridized carbons (Fsp3) is 0.562. The molecule has 1 unspecified atom stereocenters. The first kappa shape index (κ1) is 15.2. The summed E-state index contributed by atoms with van der Waals surface area (Å²) in [5.41, 5.74) is 1.58. The van der Waals surface area contributed by atoms with Crippen molar-refractivity contribution in [3.05, 3.63) is 28.8 Å². The molecule has 3 nitrogen and oxygen atoms in total. The second kappa shape index (κ2) is 6.98. The number of hydrogen-bond donors (Lipinski definition) is 1. The Kier molecular flexibility index (Phi) is 5.30. The average molecular weight is 295 g/mol. The molecule has 1 amide bonds. The number of carbonyl (C=O) groups excluding carboxylic acids is 1. The minimum atomic E-state index is 0.0957. The maximum Gasteiger partial charge on any atom is 0.256 e. The van der Waals surface area contributed by atoms with E-state index in [9.17, 15) is 4.79 Å². The van der Waals surface area contributed by atoms with E-state index < -0.39 is 0 Å². The van der Waals surface area contributed by atoms with E-state index >= 15 is 0 Å². The van der Waals surface area contributed by atoms with E-state index in [1.54, 1.807) is 6.07 Å². The van der Waals surface area contributed by atoms with Crippen molar-refractivity contribution in [2.45, 2.75) is 45.6 Å². The average Bonchev–Trinajstić information content (AvgIpc) is 2.46. The Labute approximate surface area is 126 Å². The molecule has 1 heterocycles. The van der Waals surface area contributed by atoms with Crippen molar-refractivity contribution in [2.75, 3.05) is 18.4 Å². The summed E-state index contributed by atoms with van der Waals surface area (Å²) >= 11 is 6.07. The summed E-state index contributed by atoms with van der Waals surface area (Å²) in [6.45, 7) is 5.94. The SMILES string of the molecule is CCCNc1ccc(Cl)cc1C(=O)N1CCCCC1C. The third-order valence-corrected chi connectivity index (χ3v) is 4.08. The van der Waals surface area contributed by atoms with Crippen LogP contribution in [-0.2, 0) is 0 Å². The van der Waals surface area contributed by atoms with Gasteiger partial charge in [0.05, 0.1) is 5.56 Å². The van der Waals surface area contributed by atoms with Crippen molar-refractivity contribution < 1.29 is 4.79 Å². The second-order valence-electron chi connectivity index (χ2n) is 5.46. The molecule has 1 saturated heterocycles. The minimum absolute atomic E-state index is 0.0957. The van der Waals surface area contributed by atoms with Crippen LogP contribution in [0.2, 0.25) is 5.02 Å². The summed E-state index contributed by atoms with van der Waals surface area (Å²) in [6.07, 6.45) is 4.41. The van der Waals surface area contributed by atoms with E-state index in [0.717, 1.165) is 38.0 Å². The van der Waals surface area contributed by atoms with Crippen LogP contribution in [0, 0.1) is 0 Å². The molecule has 0 saturated carbocycles. The standard InChI is InChI=1S/C16H23ClN2O/c1-3-9-18-15-8-7-13(17)11-14(15)16(20)19-10-5-4-6-12(19)2/h7-8,11-12,18H,3-6,9-10H2,1-2H3. The lowest BCUT2D eigenvalue weighted by Crippen LogP contribution is -2.42. The predicted molar refractivity (Wildman–Crippen MR) is 84.6 cm³/mol. The van der Waals surface area contributed by atoms with Crippen LogP contribution in [0.15, 0.2) is 18.2 Å². The molecule has 2 rings (SSSR count). The largest absolute Gasteiger partial charge is 0.384 e. The molecule has 20 heavy (non-hydrogen) atoms. The quantitative estimate of drug-likeness (QED) is 0.903. The van der Waals surface area contributed by atoms with E-state index in [-0.39, 0.29) is 5.91 Å². The molecule has 1 N–H and O–H groups in total. The lowest BCUT2D eigenvalue weighted by atomic mass is 10.0. The van der Waals surface area contributed by atoms with Crippen molar-refractivity contribution in [3.63, 3.8) is 0 Å². The van der Waals surface area contributed by atoms with Gasteiger partial charge in [0.25, 0.3) is 5.91 Å². The normalized spacial score (nSPS) is 18.9. The first-order valence-corrected chi connectivity index (χ1v) is 7.85. The summed E-state index contributed by atoms with van der Waals surface area (Å²) in [5, 5.41) is 3.93. The molecule has 4 heteroatoms. The molecule has 1 aliphatic rings. The van der Waals surface area contributed by atoms with Crippen molar-refractivity contribution in [1.82, 2.24) is 4.90 Å². The van der Waals surface area contributed by atoms with Gasteiger partial charge in [-0.1, -0.05) is 18.5 Å². The van der Waals surface area contributed by atoms with Gasteiger partial charge in [-0.15, -0.1) is 0 Å². The number of likely N-dealkylation sites (tertiary alicyclic amines) is 1. The Morgan fingerprint density at radius 1 is 1.45 bits per heavy atom. The van der Waals surface area contributed by atoms with Gasteiger partial charge < -0.3 is 10.2 Å². The van der Waals surface area contributed by atoms with Crippen LogP contribution in [-0.4, -0.2) is 29.9 Å². The van der Waals surface area contributed by atoms with E-state index in [2.05, 4.69) is 19.2 Å². The van der Waals surface area contributed by atoms with E-state index in [4.69, 9.17) is 11.6 Å². The summed E-state index contributed by atoms with van der Waals surface area (Å²) < 4.78 is 0. The highest BCUT2D eigenvalue weighted by atomic mass is 35.5. The Morgan fingerprint density at radius 3 is 2.95 bits per heavy atom. The number of nitrogens with zero attached hydrogens (tertiary/aromatic N) is 1. The Hall–Kier alpha value is -1.22. The molecular weight excluding hydrogens is 272 g/mol. The van der Waals surface area contributed by atoms with Crippen LogP contribution >= 0.6 is 11.6 Å². The lowest BCUT2D eigenvalue weighted by Gasteiger charge is -2.34. The monoisotopic (exact) mass is 294 g/mol. The molecule has 1 atom stereocenters. The maximum absolute atomic E-state index is 12.8. The van der Waals surface area contributed by atoms with Crippen molar-refractivity contribution in [3.8, 4) is 0 Å². The molecule has 0 aromatic heterocycles. The van der Waals surface area contributed by atoms with Gasteiger partial charge in [0, 0.05) is 29.8 Å². The minimum Gasteiger partial charge on any atom is -0.384 e. The smallest absolute Gasteiger partial charge is 0.256 e. The first-order chi connectivity index (χ1) is 9.63. The highest BCUT2D eigenvalue weighted by Crippen LogP contribution is 2.25. The van der Waals surface area contributed by atoms with Gasteiger partial charge in [0.2, 0.25) is 0 Å². The maximum atomic E-state index is 12.8. The van der Waals surface area contributed by atoms with Crippen LogP contribution in [0.4, 0.5) is 5.69 Å². The first-order valence-electron chi connectivity index (χ1n) is 7.48. The predicted octanol–water partition coefficient (Wildman–Crippen LogP) is 4.18.